The predicted molar refractivity (Wildman–Crippen MR) is 140 cm³/mol. The third kappa shape index (κ3) is 8.10. The van der Waals surface area contributed by atoms with Gasteiger partial charge in [-0.1, -0.05) is 36.4 Å². The lowest BCUT2D eigenvalue weighted by Crippen LogP contribution is -2.41. The van der Waals surface area contributed by atoms with Crippen LogP contribution in [-0.4, -0.2) is 48.4 Å². The summed E-state index contributed by atoms with van der Waals surface area (Å²) in [5.41, 5.74) is 2.28. The minimum atomic E-state index is -3.69. The lowest BCUT2D eigenvalue weighted by atomic mass is 9.96. The van der Waals surface area contributed by atoms with E-state index >= 15 is 0 Å². The first kappa shape index (κ1) is 26.7. The molecule has 8 nitrogen and oxygen atoms in total. The molecule has 2 aromatic carbocycles. The molecule has 0 saturated heterocycles. The molecule has 1 atom stereocenters. The molecule has 1 heterocycles. The highest BCUT2D eigenvalue weighted by Gasteiger charge is 2.22. The quantitative estimate of drug-likeness (QED) is 0.301. The number of rotatable bonds is 12. The zero-order valence-electron chi connectivity index (χ0n) is 18.9. The van der Waals surface area contributed by atoms with Crippen LogP contribution < -0.4 is 10.0 Å². The number of benzene rings is 2. The van der Waals surface area contributed by atoms with Crippen LogP contribution in [0.25, 0.3) is 11.1 Å². The Kier molecular flexibility index (Phi) is 9.73. The van der Waals surface area contributed by atoms with E-state index in [1.807, 2.05) is 36.6 Å². The van der Waals surface area contributed by atoms with Crippen molar-refractivity contribution < 1.29 is 23.1 Å². The Hall–Kier alpha value is -2.86. The number of aliphatic carboxylic acids is 1. The largest absolute Gasteiger partial charge is 0.480 e. The Labute approximate surface area is 212 Å². The van der Waals surface area contributed by atoms with Crippen LogP contribution >= 0.6 is 22.6 Å². The zero-order valence-corrected chi connectivity index (χ0v) is 21.3. The number of carboxylic acids is 1. The number of amides is 1. The zero-order chi connectivity index (χ0) is 25.3. The maximum atomic E-state index is 13.0. The van der Waals surface area contributed by atoms with E-state index in [0.717, 1.165) is 5.56 Å². The third-order valence-electron chi connectivity index (χ3n) is 4.92. The van der Waals surface area contributed by atoms with Crippen LogP contribution in [0.2, 0.25) is 0 Å². The first-order chi connectivity index (χ1) is 16.8. The molecule has 3 rings (SSSR count). The second kappa shape index (κ2) is 12.7. The summed E-state index contributed by atoms with van der Waals surface area (Å²) in [6.45, 7) is 0.0167. The fourth-order valence-electron chi connectivity index (χ4n) is 3.21. The van der Waals surface area contributed by atoms with Gasteiger partial charge in [0.1, 0.15) is 6.04 Å². The molecule has 1 aromatic heterocycles. The smallest absolute Gasteiger partial charge is 0.326 e. The molecule has 0 aliphatic carbocycles. The molecule has 0 saturated carbocycles. The van der Waals surface area contributed by atoms with Gasteiger partial charge in [-0.05, 0) is 59.4 Å². The highest BCUT2D eigenvalue weighted by Crippen LogP contribution is 2.27. The van der Waals surface area contributed by atoms with E-state index in [-0.39, 0.29) is 6.54 Å². The van der Waals surface area contributed by atoms with Gasteiger partial charge in [-0.25, -0.2) is 17.9 Å². The van der Waals surface area contributed by atoms with Gasteiger partial charge >= 0.3 is 5.97 Å². The molecule has 0 aliphatic rings. The minimum Gasteiger partial charge on any atom is -0.480 e. The molecule has 0 aliphatic heterocycles. The van der Waals surface area contributed by atoms with Crippen LogP contribution in [0, 0.1) is 0 Å². The first-order valence-electron chi connectivity index (χ1n) is 10.6. The molecular weight excluding hydrogens is 506 g/mol. The van der Waals surface area contributed by atoms with Crippen molar-refractivity contribution in [2.75, 3.05) is 12.0 Å². The molecule has 0 fully saturated rings. The molecule has 3 aromatic rings. The molecule has 0 unspecified atom stereocenters. The summed E-state index contributed by atoms with van der Waals surface area (Å²) in [6.07, 6.45) is 5.20. The van der Waals surface area contributed by atoms with Crippen molar-refractivity contribution in [1.82, 2.24) is 15.0 Å². The van der Waals surface area contributed by atoms with Crippen LogP contribution in [0.15, 0.2) is 78.0 Å². The van der Waals surface area contributed by atoms with Crippen LogP contribution in [-0.2, 0) is 20.4 Å². The Morgan fingerprint density at radius 1 is 1.09 bits per heavy atom. The first-order valence-corrected chi connectivity index (χ1v) is 14.8. The summed E-state index contributed by atoms with van der Waals surface area (Å²) in [4.78, 5) is 29.1. The number of nitrogens with zero attached hydrogens (tertiary/aromatic N) is 1. The van der Waals surface area contributed by atoms with Crippen molar-refractivity contribution in [3.8, 4) is 11.1 Å². The van der Waals surface area contributed by atoms with Crippen molar-refractivity contribution in [1.29, 1.82) is 0 Å². The van der Waals surface area contributed by atoms with Gasteiger partial charge in [0, 0.05) is 40.2 Å². The number of thioether (sulfide) groups is 1. The van der Waals surface area contributed by atoms with E-state index in [1.54, 1.807) is 36.5 Å². The molecule has 11 heteroatoms. The minimum absolute atomic E-state index is 0.0167. The van der Waals surface area contributed by atoms with Crippen LogP contribution in [0.4, 0.5) is 0 Å². The van der Waals surface area contributed by atoms with Crippen molar-refractivity contribution >= 4 is 43.5 Å². The second-order valence-electron chi connectivity index (χ2n) is 7.44. The van der Waals surface area contributed by atoms with Crippen LogP contribution in [0.5, 0.6) is 0 Å². The maximum Gasteiger partial charge on any atom is 0.326 e. The fourth-order valence-corrected chi connectivity index (χ4v) is 5.98. The second-order valence-corrected chi connectivity index (χ2v) is 12.1. The highest BCUT2D eigenvalue weighted by molar-refractivity contribution is 8.71. The Morgan fingerprint density at radius 3 is 2.51 bits per heavy atom. The summed E-state index contributed by atoms with van der Waals surface area (Å²) >= 11 is 1.50. The highest BCUT2D eigenvalue weighted by atomic mass is 33.1. The predicted octanol–water partition coefficient (Wildman–Crippen LogP) is 3.81. The van der Waals surface area contributed by atoms with Gasteiger partial charge in [0.25, 0.3) is 15.0 Å². The van der Waals surface area contributed by atoms with E-state index in [1.165, 1.54) is 18.0 Å². The topological polar surface area (TPSA) is 125 Å². The molecular formula is C24H25N3O5S3. The molecule has 0 spiro atoms. The van der Waals surface area contributed by atoms with Crippen molar-refractivity contribution in [3.05, 3.63) is 84.2 Å². The number of nitrogens with one attached hydrogen (secondary N) is 2. The van der Waals surface area contributed by atoms with Crippen molar-refractivity contribution in [2.45, 2.75) is 23.9 Å². The van der Waals surface area contributed by atoms with E-state index in [2.05, 4.69) is 15.0 Å². The van der Waals surface area contributed by atoms with E-state index in [0.29, 0.717) is 44.6 Å². The standard InChI is InChI=1S/C24H25N3O5S3/c1-33-13-11-22(24(29)30)27-23(28)20-10-9-17(14-21(20)18-6-3-2-4-7-18)15-26-35(31,32)34-19-8-5-12-25-16-19/h2-10,12,14,16,22,26H,11,13,15H2,1H3,(H,27,28)(H,29,30)/t22-/m0/s1. The normalized spacial score (nSPS) is 12.1. The Balaban J connectivity index is 1.83. The number of hydrogen-bond acceptors (Lipinski definition) is 7. The third-order valence-corrected chi connectivity index (χ3v) is 8.31. The monoisotopic (exact) mass is 531 g/mol. The number of pyridine rings is 1. The molecule has 3 N–H and O–H groups in total. The number of carbonyl (C=O) groups excluding carboxylic acids is 1. The summed E-state index contributed by atoms with van der Waals surface area (Å²) in [5.74, 6) is -0.999. The Bertz CT molecular complexity index is 1260. The summed E-state index contributed by atoms with van der Waals surface area (Å²) < 4.78 is 27.5. The van der Waals surface area contributed by atoms with Gasteiger partial charge in [-0.3, -0.25) is 9.78 Å². The average molecular weight is 532 g/mol. The number of aromatic nitrogens is 1. The number of carboxylic acid groups (broad SMARTS) is 1. The fraction of sp³-hybridized carbons (Fsp3) is 0.208. The maximum absolute atomic E-state index is 13.0. The molecule has 1 amide bonds. The average Bonchev–Trinajstić information content (AvgIpc) is 2.86. The lowest BCUT2D eigenvalue weighted by Gasteiger charge is -2.17. The molecule has 0 bridgehead atoms. The van der Waals surface area contributed by atoms with E-state index in [9.17, 15) is 23.1 Å². The molecule has 35 heavy (non-hydrogen) atoms. The lowest BCUT2D eigenvalue weighted by molar-refractivity contribution is -0.139. The van der Waals surface area contributed by atoms with Crippen LogP contribution in [0.1, 0.15) is 22.3 Å². The SMILES string of the molecule is CSCC[C@H](NC(=O)c1ccc(CNS(=O)(=O)Sc2cccnc2)cc1-c1ccccc1)C(=O)O. The number of carbonyl (C=O) groups is 2. The summed E-state index contributed by atoms with van der Waals surface area (Å²) in [6, 6.07) is 16.4. The van der Waals surface area contributed by atoms with Gasteiger partial charge < -0.3 is 10.4 Å². The van der Waals surface area contributed by atoms with Gasteiger partial charge in [0.2, 0.25) is 0 Å². The van der Waals surface area contributed by atoms with Crippen molar-refractivity contribution in [3.63, 3.8) is 0 Å². The molecule has 184 valence electrons. The van der Waals surface area contributed by atoms with Gasteiger partial charge in [0.05, 0.1) is 0 Å². The Morgan fingerprint density at radius 2 is 1.86 bits per heavy atom. The van der Waals surface area contributed by atoms with Crippen LogP contribution in [0.3, 0.4) is 0 Å². The summed E-state index contributed by atoms with van der Waals surface area (Å²) in [5, 5.41) is 12.1. The van der Waals surface area contributed by atoms with Gasteiger partial charge in [-0.2, -0.15) is 11.8 Å². The summed E-state index contributed by atoms with van der Waals surface area (Å²) in [7, 11) is -3.02. The number of hydrogen-bond donors (Lipinski definition) is 3. The van der Waals surface area contributed by atoms with E-state index < -0.39 is 27.0 Å². The van der Waals surface area contributed by atoms with Gasteiger partial charge in [-0.15, -0.1) is 0 Å². The van der Waals surface area contributed by atoms with E-state index in [4.69, 9.17) is 0 Å². The molecule has 0 radical (unpaired) electrons. The van der Waals surface area contributed by atoms with Gasteiger partial charge in [0.15, 0.2) is 0 Å². The van der Waals surface area contributed by atoms with Crippen molar-refractivity contribution in [2.24, 2.45) is 0 Å².